The summed E-state index contributed by atoms with van der Waals surface area (Å²) < 4.78 is 10.9. The number of unbranched alkanes of at least 4 members (excludes halogenated alkanes) is 1. The molecule has 0 aromatic heterocycles. The monoisotopic (exact) mass is 309 g/mol. The summed E-state index contributed by atoms with van der Waals surface area (Å²) >= 11 is 0. The summed E-state index contributed by atoms with van der Waals surface area (Å²) in [5, 5.41) is 14.7. The van der Waals surface area contributed by atoms with E-state index in [9.17, 15) is 4.79 Å². The molecule has 0 bridgehead atoms. The molecule has 1 rings (SSSR count). The van der Waals surface area contributed by atoms with Crippen LogP contribution in [0.3, 0.4) is 0 Å². The molecule has 0 spiro atoms. The maximum absolute atomic E-state index is 11.8. The summed E-state index contributed by atoms with van der Waals surface area (Å²) in [6.45, 7) is 5.44. The van der Waals surface area contributed by atoms with Crippen LogP contribution in [-0.4, -0.2) is 44.9 Å². The second kappa shape index (κ2) is 12.0. The molecule has 6 heteroatoms. The van der Waals surface area contributed by atoms with Crippen LogP contribution in [0.5, 0.6) is 0 Å². The van der Waals surface area contributed by atoms with Gasteiger partial charge in [0.1, 0.15) is 11.6 Å². The van der Waals surface area contributed by atoms with E-state index in [-0.39, 0.29) is 17.6 Å². The number of nitriles is 1. The molecule has 1 atom stereocenters. The first-order valence-electron chi connectivity index (χ1n) is 8.09. The van der Waals surface area contributed by atoms with E-state index in [4.69, 9.17) is 14.7 Å². The van der Waals surface area contributed by atoms with E-state index in [0.717, 1.165) is 45.3 Å². The van der Waals surface area contributed by atoms with Crippen LogP contribution in [0.25, 0.3) is 0 Å². The third-order valence-electron chi connectivity index (χ3n) is 3.37. The van der Waals surface area contributed by atoms with Crippen molar-refractivity contribution in [1.29, 1.82) is 5.26 Å². The highest BCUT2D eigenvalue weighted by Gasteiger charge is 2.14. The SMILES string of the molecule is CCCCOCCCNC(=O)/C(C#N)=C\NCC1CCCO1. The van der Waals surface area contributed by atoms with E-state index in [0.29, 0.717) is 19.7 Å². The van der Waals surface area contributed by atoms with Crippen molar-refractivity contribution in [1.82, 2.24) is 10.6 Å². The molecule has 1 unspecified atom stereocenters. The van der Waals surface area contributed by atoms with Crippen LogP contribution in [0.2, 0.25) is 0 Å². The Labute approximate surface area is 132 Å². The van der Waals surface area contributed by atoms with E-state index in [2.05, 4.69) is 17.6 Å². The number of hydrogen-bond acceptors (Lipinski definition) is 5. The van der Waals surface area contributed by atoms with Crippen LogP contribution in [0.15, 0.2) is 11.8 Å². The van der Waals surface area contributed by atoms with Gasteiger partial charge in [0, 0.05) is 39.1 Å². The number of rotatable bonds is 11. The highest BCUT2D eigenvalue weighted by Crippen LogP contribution is 2.10. The normalized spacial score (nSPS) is 18.0. The molecule has 1 fully saturated rings. The van der Waals surface area contributed by atoms with Crippen LogP contribution >= 0.6 is 0 Å². The predicted molar refractivity (Wildman–Crippen MR) is 84.0 cm³/mol. The van der Waals surface area contributed by atoms with Crippen molar-refractivity contribution in [2.45, 2.75) is 45.1 Å². The highest BCUT2D eigenvalue weighted by molar-refractivity contribution is 5.97. The average Bonchev–Trinajstić information content (AvgIpc) is 3.04. The predicted octanol–water partition coefficient (Wildman–Crippen LogP) is 1.49. The van der Waals surface area contributed by atoms with Gasteiger partial charge >= 0.3 is 0 Å². The Kier molecular flexibility index (Phi) is 10.1. The van der Waals surface area contributed by atoms with Crippen LogP contribution < -0.4 is 10.6 Å². The molecule has 0 radical (unpaired) electrons. The molecule has 1 amide bonds. The molecule has 6 nitrogen and oxygen atoms in total. The minimum atomic E-state index is -0.351. The lowest BCUT2D eigenvalue weighted by Gasteiger charge is -2.09. The first-order chi connectivity index (χ1) is 10.8. The number of carbonyl (C=O) groups excluding carboxylic acids is 1. The molecule has 2 N–H and O–H groups in total. The quantitative estimate of drug-likeness (QED) is 0.343. The molecule has 0 saturated carbocycles. The number of nitrogens with zero attached hydrogens (tertiary/aromatic N) is 1. The van der Waals surface area contributed by atoms with Gasteiger partial charge in [0.15, 0.2) is 0 Å². The fraction of sp³-hybridized carbons (Fsp3) is 0.750. The van der Waals surface area contributed by atoms with Crippen molar-refractivity contribution >= 4 is 5.91 Å². The van der Waals surface area contributed by atoms with Crippen LogP contribution in [0, 0.1) is 11.3 Å². The van der Waals surface area contributed by atoms with E-state index in [1.807, 2.05) is 6.07 Å². The van der Waals surface area contributed by atoms with Gasteiger partial charge in [0.2, 0.25) is 0 Å². The number of ether oxygens (including phenoxy) is 2. The number of hydrogen-bond donors (Lipinski definition) is 2. The topological polar surface area (TPSA) is 83.4 Å². The fourth-order valence-electron chi connectivity index (χ4n) is 2.07. The zero-order chi connectivity index (χ0) is 16.0. The van der Waals surface area contributed by atoms with E-state index >= 15 is 0 Å². The van der Waals surface area contributed by atoms with Gasteiger partial charge in [-0.2, -0.15) is 5.26 Å². The second-order valence-corrected chi connectivity index (χ2v) is 5.29. The fourth-order valence-corrected chi connectivity index (χ4v) is 2.07. The Morgan fingerprint density at radius 2 is 2.27 bits per heavy atom. The third-order valence-corrected chi connectivity index (χ3v) is 3.37. The van der Waals surface area contributed by atoms with Crippen molar-refractivity contribution in [3.63, 3.8) is 0 Å². The molecule has 1 aliphatic heterocycles. The first kappa shape index (κ1) is 18.5. The highest BCUT2D eigenvalue weighted by atomic mass is 16.5. The maximum Gasteiger partial charge on any atom is 0.263 e. The Morgan fingerprint density at radius 3 is 2.95 bits per heavy atom. The molecule has 1 heterocycles. The maximum atomic E-state index is 11.8. The van der Waals surface area contributed by atoms with Gasteiger partial charge in [0.25, 0.3) is 5.91 Å². The molecular weight excluding hydrogens is 282 g/mol. The summed E-state index contributed by atoms with van der Waals surface area (Å²) in [7, 11) is 0. The van der Waals surface area contributed by atoms with Gasteiger partial charge in [0.05, 0.1) is 6.10 Å². The molecule has 1 aliphatic rings. The summed E-state index contributed by atoms with van der Waals surface area (Å²) in [4.78, 5) is 11.8. The average molecular weight is 309 g/mol. The largest absolute Gasteiger partial charge is 0.387 e. The summed E-state index contributed by atoms with van der Waals surface area (Å²) in [5.74, 6) is -0.351. The smallest absolute Gasteiger partial charge is 0.263 e. The van der Waals surface area contributed by atoms with Crippen molar-refractivity contribution in [3.8, 4) is 6.07 Å². The minimum absolute atomic E-state index is 0.0879. The van der Waals surface area contributed by atoms with E-state index < -0.39 is 0 Å². The number of carbonyl (C=O) groups is 1. The van der Waals surface area contributed by atoms with Crippen molar-refractivity contribution in [3.05, 3.63) is 11.8 Å². The van der Waals surface area contributed by atoms with Crippen LogP contribution in [0.1, 0.15) is 39.0 Å². The lowest BCUT2D eigenvalue weighted by atomic mass is 10.2. The Hall–Kier alpha value is -1.58. The lowest BCUT2D eigenvalue weighted by Crippen LogP contribution is -2.28. The molecule has 124 valence electrons. The molecule has 0 aliphatic carbocycles. The molecule has 0 aromatic rings. The van der Waals surface area contributed by atoms with Crippen molar-refractivity contribution in [2.24, 2.45) is 0 Å². The molecule has 0 aromatic carbocycles. The zero-order valence-electron chi connectivity index (χ0n) is 13.4. The van der Waals surface area contributed by atoms with Crippen molar-refractivity contribution < 1.29 is 14.3 Å². The van der Waals surface area contributed by atoms with Crippen LogP contribution in [0.4, 0.5) is 0 Å². The first-order valence-corrected chi connectivity index (χ1v) is 8.09. The Balaban J connectivity index is 2.13. The minimum Gasteiger partial charge on any atom is -0.387 e. The summed E-state index contributed by atoms with van der Waals surface area (Å²) in [5.41, 5.74) is 0.0879. The molecule has 22 heavy (non-hydrogen) atoms. The second-order valence-electron chi connectivity index (χ2n) is 5.29. The summed E-state index contributed by atoms with van der Waals surface area (Å²) in [6.07, 6.45) is 6.66. The molecule has 1 saturated heterocycles. The third kappa shape index (κ3) is 8.01. The standard InChI is InChI=1S/C16H27N3O3/c1-2-3-8-21-9-5-7-19-16(20)14(11-17)12-18-13-15-6-4-10-22-15/h12,15,18H,2-10,13H2,1H3,(H,19,20)/b14-12-. The lowest BCUT2D eigenvalue weighted by molar-refractivity contribution is -0.117. The Bertz CT molecular complexity index is 385. The number of nitrogens with one attached hydrogen (secondary N) is 2. The van der Waals surface area contributed by atoms with Crippen LogP contribution in [-0.2, 0) is 14.3 Å². The zero-order valence-corrected chi connectivity index (χ0v) is 13.4. The van der Waals surface area contributed by atoms with E-state index in [1.165, 1.54) is 6.20 Å². The van der Waals surface area contributed by atoms with E-state index in [1.54, 1.807) is 0 Å². The molecular formula is C16H27N3O3. The van der Waals surface area contributed by atoms with Gasteiger partial charge in [-0.3, -0.25) is 4.79 Å². The van der Waals surface area contributed by atoms with Gasteiger partial charge in [-0.25, -0.2) is 0 Å². The van der Waals surface area contributed by atoms with Gasteiger partial charge < -0.3 is 20.1 Å². The van der Waals surface area contributed by atoms with Gasteiger partial charge in [-0.05, 0) is 25.7 Å². The Morgan fingerprint density at radius 1 is 1.45 bits per heavy atom. The summed E-state index contributed by atoms with van der Waals surface area (Å²) in [6, 6.07) is 1.91. The van der Waals surface area contributed by atoms with Gasteiger partial charge in [-0.1, -0.05) is 13.3 Å². The number of amides is 1. The van der Waals surface area contributed by atoms with Gasteiger partial charge in [-0.15, -0.1) is 0 Å². The van der Waals surface area contributed by atoms with Crippen molar-refractivity contribution in [2.75, 3.05) is 32.9 Å².